The molecule has 1 aliphatic rings. The molecular weight excluding hydrogens is 607 g/mol. The molecule has 0 fully saturated rings. The van der Waals surface area contributed by atoms with E-state index in [2.05, 4.69) is 145 Å². The predicted molar refractivity (Wildman–Crippen MR) is 201 cm³/mol. The normalized spacial score (nSPS) is 14.9. The van der Waals surface area contributed by atoms with Gasteiger partial charge in [0.15, 0.2) is 5.84 Å². The van der Waals surface area contributed by atoms with Crippen LogP contribution < -0.4 is 5.32 Å². The van der Waals surface area contributed by atoms with E-state index >= 15 is 0 Å². The fraction of sp³-hybridized carbons (Fsp3) is 0.0233. The number of hydrogen-bond donors (Lipinski definition) is 1. The van der Waals surface area contributed by atoms with Crippen molar-refractivity contribution in [2.45, 2.75) is 6.17 Å². The van der Waals surface area contributed by atoms with E-state index in [4.69, 9.17) is 14.4 Å². The minimum Gasteiger partial charge on any atom is -0.456 e. The highest BCUT2D eigenvalue weighted by atomic mass is 32.1. The summed E-state index contributed by atoms with van der Waals surface area (Å²) in [4.78, 5) is 10.6. The maximum Gasteiger partial charge on any atom is 0.160 e. The molecular formula is C43H27N3OS. The van der Waals surface area contributed by atoms with Gasteiger partial charge in [-0.1, -0.05) is 121 Å². The number of hydrogen-bond acceptors (Lipinski definition) is 5. The summed E-state index contributed by atoms with van der Waals surface area (Å²) >= 11 is 1.81. The van der Waals surface area contributed by atoms with Crippen LogP contribution in [0, 0.1) is 0 Å². The summed E-state index contributed by atoms with van der Waals surface area (Å²) in [5.74, 6) is 1.48. The average Bonchev–Trinajstić information content (AvgIpc) is 3.73. The molecule has 0 saturated heterocycles. The number of nitrogens with zero attached hydrogens (tertiary/aromatic N) is 2. The van der Waals surface area contributed by atoms with E-state index in [0.29, 0.717) is 5.84 Å². The van der Waals surface area contributed by atoms with Crippen LogP contribution in [0.15, 0.2) is 166 Å². The third-order valence-corrected chi connectivity index (χ3v) is 10.5. The highest BCUT2D eigenvalue weighted by Gasteiger charge is 2.26. The first-order valence-electron chi connectivity index (χ1n) is 16.1. The van der Waals surface area contributed by atoms with Gasteiger partial charge in [-0.2, -0.15) is 0 Å². The van der Waals surface area contributed by atoms with Gasteiger partial charge in [-0.3, -0.25) is 0 Å². The summed E-state index contributed by atoms with van der Waals surface area (Å²) < 4.78 is 9.03. The van der Waals surface area contributed by atoms with E-state index in [1.165, 1.54) is 30.9 Å². The zero-order valence-electron chi connectivity index (χ0n) is 25.7. The second-order valence-corrected chi connectivity index (χ2v) is 13.3. The van der Waals surface area contributed by atoms with Gasteiger partial charge < -0.3 is 9.73 Å². The smallest absolute Gasteiger partial charge is 0.160 e. The summed E-state index contributed by atoms with van der Waals surface area (Å²) in [5, 5.41) is 10.7. The number of thiophene rings is 1. The monoisotopic (exact) mass is 633 g/mol. The Labute approximate surface area is 280 Å². The Morgan fingerprint density at radius 1 is 0.542 bits per heavy atom. The molecule has 0 bridgehead atoms. The van der Waals surface area contributed by atoms with E-state index in [1.54, 1.807) is 0 Å². The lowest BCUT2D eigenvalue weighted by molar-refractivity contribution is 0.668. The Morgan fingerprint density at radius 2 is 1.23 bits per heavy atom. The number of nitrogens with one attached hydrogen (secondary N) is 1. The molecule has 0 saturated carbocycles. The van der Waals surface area contributed by atoms with E-state index < -0.39 is 0 Å². The topological polar surface area (TPSA) is 49.9 Å². The van der Waals surface area contributed by atoms with Gasteiger partial charge >= 0.3 is 0 Å². The molecule has 226 valence electrons. The predicted octanol–water partition coefficient (Wildman–Crippen LogP) is 11.3. The zero-order chi connectivity index (χ0) is 31.6. The molecule has 0 radical (unpaired) electrons. The van der Waals surface area contributed by atoms with E-state index in [0.717, 1.165) is 55.6 Å². The van der Waals surface area contributed by atoms with Crippen LogP contribution in [0.3, 0.4) is 0 Å². The minimum atomic E-state index is -0.317. The fourth-order valence-electron chi connectivity index (χ4n) is 7.13. The van der Waals surface area contributed by atoms with Crippen molar-refractivity contribution < 1.29 is 4.42 Å². The molecule has 1 atom stereocenters. The first kappa shape index (κ1) is 27.1. The lowest BCUT2D eigenvalue weighted by Gasteiger charge is -2.24. The van der Waals surface area contributed by atoms with Crippen LogP contribution >= 0.6 is 11.3 Å². The summed E-state index contributed by atoms with van der Waals surface area (Å²) in [6, 6.07) is 53.2. The molecule has 5 heteroatoms. The molecule has 2 aromatic heterocycles. The maximum atomic E-state index is 6.54. The van der Waals surface area contributed by atoms with Crippen LogP contribution in [0.1, 0.15) is 22.9 Å². The van der Waals surface area contributed by atoms with Crippen LogP contribution in [0.25, 0.3) is 64.0 Å². The standard InChI is InChI=1S/C43H27N3OS/c1-2-12-27(13-3-1)41-44-42(32-18-10-22-37-38(32)31-15-6-7-21-36(31)48-37)46-43(45-41)33-17-9-20-35-40(33)39-30(16-8-19-34(39)47-35)29-24-23-26-11-4-5-14-28(26)25-29/h1-25,41H,(H,44,45,46). The first-order valence-corrected chi connectivity index (χ1v) is 16.9. The van der Waals surface area contributed by atoms with Crippen LogP contribution in [-0.4, -0.2) is 11.7 Å². The van der Waals surface area contributed by atoms with E-state index in [9.17, 15) is 0 Å². The quantitative estimate of drug-likeness (QED) is 0.210. The van der Waals surface area contributed by atoms with Gasteiger partial charge in [-0.05, 0) is 57.8 Å². The molecule has 10 rings (SSSR count). The van der Waals surface area contributed by atoms with Crippen molar-refractivity contribution in [2.24, 2.45) is 9.98 Å². The Hall–Kier alpha value is -6.04. The van der Waals surface area contributed by atoms with E-state index in [-0.39, 0.29) is 6.17 Å². The van der Waals surface area contributed by atoms with Crippen LogP contribution in [0.5, 0.6) is 0 Å². The highest BCUT2D eigenvalue weighted by Crippen LogP contribution is 2.41. The SMILES string of the molecule is c1ccc(C2N=C(c3cccc4sc5ccccc5c34)N=C(c3cccc4oc5cccc(-c6ccc7ccccc7c6)c5c34)N2)cc1. The third kappa shape index (κ3) is 4.29. The Balaban J connectivity index is 1.22. The van der Waals surface area contributed by atoms with Gasteiger partial charge in [0.05, 0.1) is 0 Å². The molecule has 0 amide bonds. The van der Waals surface area contributed by atoms with Crippen LogP contribution in [0.4, 0.5) is 0 Å². The second kappa shape index (κ2) is 10.8. The highest BCUT2D eigenvalue weighted by molar-refractivity contribution is 7.25. The fourth-order valence-corrected chi connectivity index (χ4v) is 8.27. The van der Waals surface area contributed by atoms with Gasteiger partial charge in [-0.25, -0.2) is 9.98 Å². The van der Waals surface area contributed by atoms with Crippen LogP contribution in [0.2, 0.25) is 0 Å². The summed E-state index contributed by atoms with van der Waals surface area (Å²) in [7, 11) is 0. The molecule has 4 nitrogen and oxygen atoms in total. The first-order chi connectivity index (χ1) is 23.8. The van der Waals surface area contributed by atoms with Gasteiger partial charge in [-0.15, -0.1) is 11.3 Å². The van der Waals surface area contributed by atoms with Crippen molar-refractivity contribution in [2.75, 3.05) is 0 Å². The molecule has 7 aromatic carbocycles. The molecule has 0 aliphatic carbocycles. The van der Waals surface area contributed by atoms with E-state index in [1.807, 2.05) is 23.5 Å². The Bertz CT molecular complexity index is 2770. The number of benzene rings is 7. The molecule has 48 heavy (non-hydrogen) atoms. The number of amidine groups is 2. The molecule has 3 heterocycles. The van der Waals surface area contributed by atoms with Gasteiger partial charge in [0.1, 0.15) is 23.2 Å². The van der Waals surface area contributed by atoms with Crippen molar-refractivity contribution in [3.63, 3.8) is 0 Å². The second-order valence-electron chi connectivity index (χ2n) is 12.2. The molecule has 0 spiro atoms. The minimum absolute atomic E-state index is 0.317. The van der Waals surface area contributed by atoms with Gasteiger partial charge in [0, 0.05) is 42.1 Å². The van der Waals surface area contributed by atoms with Crippen molar-refractivity contribution in [1.82, 2.24) is 5.32 Å². The van der Waals surface area contributed by atoms with Crippen molar-refractivity contribution in [3.8, 4) is 11.1 Å². The van der Waals surface area contributed by atoms with Gasteiger partial charge in [0.25, 0.3) is 0 Å². The average molecular weight is 634 g/mol. The van der Waals surface area contributed by atoms with Crippen molar-refractivity contribution in [1.29, 1.82) is 0 Å². The lowest BCUT2D eigenvalue weighted by atomic mass is 9.95. The number of aliphatic imine (C=N–C) groups is 2. The Morgan fingerprint density at radius 3 is 2.10 bits per heavy atom. The third-order valence-electron chi connectivity index (χ3n) is 9.34. The summed E-state index contributed by atoms with van der Waals surface area (Å²) in [6.07, 6.45) is -0.317. The number of furan rings is 1. The molecule has 1 aliphatic heterocycles. The number of fused-ring (bicyclic) bond motifs is 7. The maximum absolute atomic E-state index is 6.54. The van der Waals surface area contributed by atoms with Gasteiger partial charge in [0.2, 0.25) is 0 Å². The molecule has 1 N–H and O–H groups in total. The van der Waals surface area contributed by atoms with Crippen LogP contribution in [-0.2, 0) is 0 Å². The summed E-state index contributed by atoms with van der Waals surface area (Å²) in [6.45, 7) is 0. The van der Waals surface area contributed by atoms with Crippen molar-refractivity contribution in [3.05, 3.63) is 168 Å². The zero-order valence-corrected chi connectivity index (χ0v) is 26.5. The molecule has 9 aromatic rings. The lowest BCUT2D eigenvalue weighted by Crippen LogP contribution is -2.33. The van der Waals surface area contributed by atoms with Crippen molar-refractivity contribution >= 4 is 75.9 Å². The Kier molecular flexibility index (Phi) is 6.08. The largest absolute Gasteiger partial charge is 0.456 e. The number of rotatable bonds is 4. The summed E-state index contributed by atoms with van der Waals surface area (Å²) in [5.41, 5.74) is 7.04. The molecule has 1 unspecified atom stereocenters.